The van der Waals surface area contributed by atoms with E-state index in [4.69, 9.17) is 4.74 Å². The van der Waals surface area contributed by atoms with E-state index in [-0.39, 0.29) is 30.7 Å². The van der Waals surface area contributed by atoms with Crippen molar-refractivity contribution in [3.05, 3.63) is 90.0 Å². The molecule has 1 aliphatic carbocycles. The SMILES string of the molecule is COC(=O)CC1CCC(c2ccc(NC(=O)CCNC(=O)c3ccc(-c4ccccc4)cc3)cc2)CC1. The molecule has 4 rings (SSSR count). The quantitative estimate of drug-likeness (QED) is 0.357. The standard InChI is InChI=1S/C31H34N2O4/c1-37-30(35)21-22-7-9-24(10-8-22)26-15-17-28(18-16-26)33-29(34)19-20-32-31(36)27-13-11-25(12-14-27)23-5-3-2-4-6-23/h2-6,11-18,22,24H,7-10,19-21H2,1H3,(H,32,36)(H,33,34). The van der Waals surface area contributed by atoms with Gasteiger partial charge in [0.15, 0.2) is 0 Å². The van der Waals surface area contributed by atoms with Crippen LogP contribution < -0.4 is 10.6 Å². The molecule has 2 amide bonds. The summed E-state index contributed by atoms with van der Waals surface area (Å²) in [5, 5.41) is 5.72. The normalized spacial score (nSPS) is 17.0. The van der Waals surface area contributed by atoms with Gasteiger partial charge in [0.05, 0.1) is 7.11 Å². The van der Waals surface area contributed by atoms with Crippen LogP contribution in [0.2, 0.25) is 0 Å². The van der Waals surface area contributed by atoms with Crippen LogP contribution in [0, 0.1) is 5.92 Å². The van der Waals surface area contributed by atoms with E-state index in [1.807, 2.05) is 54.6 Å². The minimum Gasteiger partial charge on any atom is -0.469 e. The Hall–Kier alpha value is -3.93. The van der Waals surface area contributed by atoms with Crippen LogP contribution in [0.25, 0.3) is 11.1 Å². The Morgan fingerprint density at radius 2 is 1.46 bits per heavy atom. The van der Waals surface area contributed by atoms with E-state index in [2.05, 4.69) is 22.8 Å². The number of esters is 1. The van der Waals surface area contributed by atoms with Crippen molar-refractivity contribution in [1.82, 2.24) is 5.32 Å². The van der Waals surface area contributed by atoms with Gasteiger partial charge in [0.1, 0.15) is 0 Å². The Morgan fingerprint density at radius 1 is 0.811 bits per heavy atom. The molecule has 0 unspecified atom stereocenters. The maximum absolute atomic E-state index is 12.4. The van der Waals surface area contributed by atoms with Crippen molar-refractivity contribution in [1.29, 1.82) is 0 Å². The maximum atomic E-state index is 12.4. The first-order valence-corrected chi connectivity index (χ1v) is 12.9. The molecule has 3 aromatic carbocycles. The molecule has 0 aromatic heterocycles. The molecule has 0 heterocycles. The molecule has 1 saturated carbocycles. The summed E-state index contributed by atoms with van der Waals surface area (Å²) in [6.07, 6.45) is 4.88. The minimum absolute atomic E-state index is 0.124. The molecule has 6 heteroatoms. The van der Waals surface area contributed by atoms with Crippen LogP contribution in [0.1, 0.15) is 60.4 Å². The van der Waals surface area contributed by atoms with Crippen LogP contribution in [0.4, 0.5) is 5.69 Å². The second kappa shape index (κ2) is 12.9. The number of carbonyl (C=O) groups excluding carboxylic acids is 3. The van der Waals surface area contributed by atoms with E-state index in [9.17, 15) is 14.4 Å². The highest BCUT2D eigenvalue weighted by molar-refractivity contribution is 5.95. The van der Waals surface area contributed by atoms with E-state index in [0.29, 0.717) is 23.8 Å². The van der Waals surface area contributed by atoms with Crippen molar-refractivity contribution in [2.75, 3.05) is 19.0 Å². The van der Waals surface area contributed by atoms with Gasteiger partial charge in [0, 0.05) is 30.6 Å². The first-order chi connectivity index (χ1) is 18.0. The number of methoxy groups -OCH3 is 1. The largest absolute Gasteiger partial charge is 0.469 e. The Kier molecular flexibility index (Phi) is 9.08. The van der Waals surface area contributed by atoms with Crippen LogP contribution in [-0.2, 0) is 14.3 Å². The van der Waals surface area contributed by atoms with Gasteiger partial charge < -0.3 is 15.4 Å². The molecular weight excluding hydrogens is 464 g/mol. The number of ether oxygens (including phenoxy) is 1. The predicted octanol–water partition coefficient (Wildman–Crippen LogP) is 5.95. The summed E-state index contributed by atoms with van der Waals surface area (Å²) in [6, 6.07) is 25.4. The van der Waals surface area contributed by atoms with Crippen LogP contribution in [0.3, 0.4) is 0 Å². The van der Waals surface area contributed by atoms with Crippen LogP contribution in [-0.4, -0.2) is 31.4 Å². The zero-order chi connectivity index (χ0) is 26.0. The molecule has 0 bridgehead atoms. The number of nitrogens with one attached hydrogen (secondary N) is 2. The monoisotopic (exact) mass is 498 g/mol. The molecule has 0 aliphatic heterocycles. The van der Waals surface area contributed by atoms with Gasteiger partial charge in [0.25, 0.3) is 5.91 Å². The van der Waals surface area contributed by atoms with Gasteiger partial charge in [0.2, 0.25) is 5.91 Å². The fraction of sp³-hybridized carbons (Fsp3) is 0.323. The average Bonchev–Trinajstić information content (AvgIpc) is 2.94. The van der Waals surface area contributed by atoms with E-state index in [1.54, 1.807) is 12.1 Å². The fourth-order valence-electron chi connectivity index (χ4n) is 4.92. The number of carbonyl (C=O) groups is 3. The van der Waals surface area contributed by atoms with Crippen LogP contribution in [0.5, 0.6) is 0 Å². The zero-order valence-electron chi connectivity index (χ0n) is 21.2. The molecule has 1 aliphatic rings. The lowest BCUT2D eigenvalue weighted by Gasteiger charge is -2.28. The topological polar surface area (TPSA) is 84.5 Å². The highest BCUT2D eigenvalue weighted by atomic mass is 16.5. The Morgan fingerprint density at radius 3 is 2.11 bits per heavy atom. The molecule has 6 nitrogen and oxygen atoms in total. The molecule has 0 radical (unpaired) electrons. The molecule has 37 heavy (non-hydrogen) atoms. The predicted molar refractivity (Wildman–Crippen MR) is 145 cm³/mol. The van der Waals surface area contributed by atoms with E-state index < -0.39 is 0 Å². The molecule has 192 valence electrons. The van der Waals surface area contributed by atoms with Gasteiger partial charge in [-0.3, -0.25) is 14.4 Å². The van der Waals surface area contributed by atoms with Gasteiger partial charge in [-0.05, 0) is 78.5 Å². The third-order valence-corrected chi connectivity index (χ3v) is 7.09. The number of anilines is 1. The summed E-state index contributed by atoms with van der Waals surface area (Å²) in [4.78, 5) is 36.3. The molecule has 0 saturated heterocycles. The fourth-order valence-corrected chi connectivity index (χ4v) is 4.92. The molecule has 2 N–H and O–H groups in total. The van der Waals surface area contributed by atoms with Crippen LogP contribution >= 0.6 is 0 Å². The van der Waals surface area contributed by atoms with Gasteiger partial charge in [-0.2, -0.15) is 0 Å². The smallest absolute Gasteiger partial charge is 0.305 e. The highest BCUT2D eigenvalue weighted by Gasteiger charge is 2.24. The third-order valence-electron chi connectivity index (χ3n) is 7.09. The van der Waals surface area contributed by atoms with E-state index in [0.717, 1.165) is 42.5 Å². The maximum Gasteiger partial charge on any atom is 0.305 e. The van der Waals surface area contributed by atoms with Crippen molar-refractivity contribution < 1.29 is 19.1 Å². The number of hydrogen-bond donors (Lipinski definition) is 2. The lowest BCUT2D eigenvalue weighted by molar-refractivity contribution is -0.142. The lowest BCUT2D eigenvalue weighted by Crippen LogP contribution is -2.27. The summed E-state index contributed by atoms with van der Waals surface area (Å²) < 4.78 is 4.79. The average molecular weight is 499 g/mol. The number of amides is 2. The third kappa shape index (κ3) is 7.53. The van der Waals surface area contributed by atoms with E-state index in [1.165, 1.54) is 12.7 Å². The summed E-state index contributed by atoms with van der Waals surface area (Å²) in [6.45, 7) is 0.262. The molecular formula is C31H34N2O4. The summed E-state index contributed by atoms with van der Waals surface area (Å²) >= 11 is 0. The highest BCUT2D eigenvalue weighted by Crippen LogP contribution is 2.37. The van der Waals surface area contributed by atoms with Crippen molar-refractivity contribution in [2.45, 2.75) is 44.4 Å². The van der Waals surface area contributed by atoms with Gasteiger partial charge >= 0.3 is 5.97 Å². The summed E-state index contributed by atoms with van der Waals surface area (Å²) in [5.74, 6) is 0.432. The van der Waals surface area contributed by atoms with Crippen molar-refractivity contribution in [3.8, 4) is 11.1 Å². The molecule has 3 aromatic rings. The molecule has 0 spiro atoms. The number of hydrogen-bond acceptors (Lipinski definition) is 4. The number of benzene rings is 3. The Bertz CT molecular complexity index is 1180. The number of rotatable bonds is 9. The van der Waals surface area contributed by atoms with Gasteiger partial charge in [-0.1, -0.05) is 54.6 Å². The first kappa shape index (κ1) is 26.1. The minimum atomic E-state index is -0.196. The Labute approximate surface area is 218 Å². The summed E-state index contributed by atoms with van der Waals surface area (Å²) in [5.41, 5.74) is 4.72. The first-order valence-electron chi connectivity index (χ1n) is 12.9. The van der Waals surface area contributed by atoms with Gasteiger partial charge in [-0.25, -0.2) is 0 Å². The lowest BCUT2D eigenvalue weighted by atomic mass is 9.77. The second-order valence-electron chi connectivity index (χ2n) is 9.62. The van der Waals surface area contributed by atoms with Crippen molar-refractivity contribution in [2.24, 2.45) is 5.92 Å². The van der Waals surface area contributed by atoms with Gasteiger partial charge in [-0.15, -0.1) is 0 Å². The molecule has 1 fully saturated rings. The van der Waals surface area contributed by atoms with Crippen molar-refractivity contribution >= 4 is 23.5 Å². The zero-order valence-corrected chi connectivity index (χ0v) is 21.2. The Balaban J connectivity index is 1.18. The summed E-state index contributed by atoms with van der Waals surface area (Å²) in [7, 11) is 1.44. The molecule has 0 atom stereocenters. The van der Waals surface area contributed by atoms with E-state index >= 15 is 0 Å². The second-order valence-corrected chi connectivity index (χ2v) is 9.62. The van der Waals surface area contributed by atoms with Crippen LogP contribution in [0.15, 0.2) is 78.9 Å². The van der Waals surface area contributed by atoms with Crippen molar-refractivity contribution in [3.63, 3.8) is 0 Å².